The van der Waals surface area contributed by atoms with Crippen LogP contribution in [0.1, 0.15) is 56.6 Å². The van der Waals surface area contributed by atoms with Crippen molar-refractivity contribution in [2.45, 2.75) is 65.1 Å². The van der Waals surface area contributed by atoms with E-state index in [-0.39, 0.29) is 18.8 Å². The van der Waals surface area contributed by atoms with E-state index in [4.69, 9.17) is 15.2 Å². The number of anilines is 1. The Kier molecular flexibility index (Phi) is 9.77. The molecule has 1 unspecified atom stereocenters. The summed E-state index contributed by atoms with van der Waals surface area (Å²) in [5.41, 5.74) is 5.53. The summed E-state index contributed by atoms with van der Waals surface area (Å²) in [4.78, 5) is 38.3. The smallest absolute Gasteiger partial charge is 0.326 e. The number of fused-ring (bicyclic) bond motifs is 1. The van der Waals surface area contributed by atoms with Crippen molar-refractivity contribution < 1.29 is 23.6 Å². The lowest BCUT2D eigenvalue weighted by Gasteiger charge is -2.31. The van der Waals surface area contributed by atoms with E-state index in [9.17, 15) is 14.2 Å². The van der Waals surface area contributed by atoms with Gasteiger partial charge < -0.3 is 19.8 Å². The predicted molar refractivity (Wildman–Crippen MR) is 142 cm³/mol. The Morgan fingerprint density at radius 1 is 1.27 bits per heavy atom. The highest BCUT2D eigenvalue weighted by Crippen LogP contribution is 2.40. The Hall–Kier alpha value is -2.86. The van der Waals surface area contributed by atoms with Gasteiger partial charge in [0.25, 0.3) is 13.4 Å². The maximum absolute atomic E-state index is 14.0. The molecule has 37 heavy (non-hydrogen) atoms. The molecule has 2 atom stereocenters. The molecule has 0 aliphatic heterocycles. The normalized spacial score (nSPS) is 14.3. The maximum atomic E-state index is 14.0. The first-order valence-corrected chi connectivity index (χ1v) is 14.8. The third-order valence-corrected chi connectivity index (χ3v) is 8.27. The molecule has 202 valence electrons. The molecule has 1 amide bonds. The monoisotopic (exact) mass is 551 g/mol. The second-order valence-electron chi connectivity index (χ2n) is 9.17. The number of carbonyl (C=O) groups excluding carboxylic acids is 2. The lowest BCUT2D eigenvalue weighted by atomic mass is 10.1. The first-order valence-electron chi connectivity index (χ1n) is 12.0. The summed E-state index contributed by atoms with van der Waals surface area (Å²) in [7, 11) is -3.77. The molecule has 0 fully saturated rings. The van der Waals surface area contributed by atoms with E-state index in [0.717, 1.165) is 19.3 Å². The molecule has 14 heteroatoms. The fraction of sp³-hybridized carbons (Fsp3) is 0.522. The minimum Gasteiger partial charge on any atom is -0.464 e. The number of nitrogen functional groups attached to an aromatic ring is 1. The van der Waals surface area contributed by atoms with Gasteiger partial charge in [-0.1, -0.05) is 25.8 Å². The quantitative estimate of drug-likeness (QED) is 0.153. The van der Waals surface area contributed by atoms with Gasteiger partial charge in [0.05, 0.1) is 30.5 Å². The third kappa shape index (κ3) is 7.81. The molecule has 3 rings (SSSR count). The van der Waals surface area contributed by atoms with Crippen molar-refractivity contribution in [3.8, 4) is 0 Å². The fourth-order valence-electron chi connectivity index (χ4n) is 3.51. The summed E-state index contributed by atoms with van der Waals surface area (Å²) in [5.74, 6) is -0.822. The van der Waals surface area contributed by atoms with Crippen LogP contribution in [0.4, 0.5) is 5.82 Å². The third-order valence-electron chi connectivity index (χ3n) is 5.40. The number of aromatic nitrogens is 4. The predicted octanol–water partition coefficient (Wildman–Crippen LogP) is 3.56. The molecule has 0 aliphatic carbocycles. The zero-order valence-electron chi connectivity index (χ0n) is 21.5. The number of esters is 1. The van der Waals surface area contributed by atoms with Gasteiger partial charge in [-0.15, -0.1) is 11.3 Å². The number of hydrogen-bond acceptors (Lipinski definition) is 10. The Morgan fingerprint density at radius 2 is 2.05 bits per heavy atom. The van der Waals surface area contributed by atoms with Crippen LogP contribution in [-0.2, 0) is 25.4 Å². The number of nitrogens with zero attached hydrogens (tertiary/aromatic N) is 4. The number of ether oxygens (including phenoxy) is 2. The molecule has 0 saturated carbocycles. The van der Waals surface area contributed by atoms with Crippen LogP contribution in [0.25, 0.3) is 11.2 Å². The van der Waals surface area contributed by atoms with E-state index < -0.39 is 31.0 Å². The molecular weight excluding hydrogens is 517 g/mol. The van der Waals surface area contributed by atoms with Crippen LogP contribution in [0.5, 0.6) is 0 Å². The van der Waals surface area contributed by atoms with E-state index in [1.807, 2.05) is 0 Å². The summed E-state index contributed by atoms with van der Waals surface area (Å²) >= 11 is 1.22. The summed E-state index contributed by atoms with van der Waals surface area (Å²) in [6, 6.07) is 3.35. The Bertz CT molecular complexity index is 1250. The number of rotatable bonds is 14. The average Bonchev–Trinajstić information content (AvgIpc) is 3.52. The second kappa shape index (κ2) is 12.6. The number of nitrogens with one attached hydrogen (secondary N) is 2. The van der Waals surface area contributed by atoms with Crippen LogP contribution in [-0.4, -0.2) is 56.0 Å². The molecular formula is C23H34N7O5PS. The summed E-state index contributed by atoms with van der Waals surface area (Å²) < 4.78 is 27.0. The van der Waals surface area contributed by atoms with Crippen molar-refractivity contribution in [2.75, 3.05) is 18.7 Å². The molecule has 12 nitrogen and oxygen atoms in total. The number of imidazole rings is 1. The van der Waals surface area contributed by atoms with Crippen molar-refractivity contribution >= 4 is 47.6 Å². The SMILES string of the molecule is CCCCCOC(=O)C(C)(C)NP(=O)(CO[C@@H](C)Cn1cnc2c(N)ncnc21)NC(=O)c1cccs1. The van der Waals surface area contributed by atoms with Gasteiger partial charge >= 0.3 is 5.97 Å². The number of thiophene rings is 1. The van der Waals surface area contributed by atoms with Crippen molar-refractivity contribution in [1.29, 1.82) is 0 Å². The van der Waals surface area contributed by atoms with Crippen LogP contribution >= 0.6 is 18.8 Å². The maximum Gasteiger partial charge on any atom is 0.326 e. The highest BCUT2D eigenvalue weighted by Gasteiger charge is 2.39. The number of nitrogens with two attached hydrogens (primary N) is 1. The summed E-state index contributed by atoms with van der Waals surface area (Å²) in [6.45, 7) is 7.56. The van der Waals surface area contributed by atoms with Crippen molar-refractivity contribution in [2.24, 2.45) is 0 Å². The number of hydrogen-bond donors (Lipinski definition) is 3. The fourth-order valence-corrected chi connectivity index (χ4v) is 6.29. The first-order chi connectivity index (χ1) is 17.5. The van der Waals surface area contributed by atoms with Gasteiger partial charge in [0, 0.05) is 0 Å². The van der Waals surface area contributed by atoms with Crippen LogP contribution < -0.4 is 15.9 Å². The summed E-state index contributed by atoms with van der Waals surface area (Å²) in [6.07, 6.45) is 4.78. The van der Waals surface area contributed by atoms with Gasteiger partial charge in [0.1, 0.15) is 23.7 Å². The summed E-state index contributed by atoms with van der Waals surface area (Å²) in [5, 5.41) is 7.13. The molecule has 3 aromatic heterocycles. The van der Waals surface area contributed by atoms with Crippen molar-refractivity contribution in [1.82, 2.24) is 29.7 Å². The molecule has 0 aliphatic rings. The average molecular weight is 552 g/mol. The van der Waals surface area contributed by atoms with Gasteiger partial charge in [-0.25, -0.2) is 20.0 Å². The van der Waals surface area contributed by atoms with Crippen LogP contribution in [0.15, 0.2) is 30.2 Å². The number of amides is 1. The molecule has 0 saturated heterocycles. The van der Waals surface area contributed by atoms with Gasteiger partial charge in [-0.05, 0) is 38.6 Å². The van der Waals surface area contributed by atoms with Gasteiger partial charge in [0.15, 0.2) is 11.5 Å². The van der Waals surface area contributed by atoms with E-state index >= 15 is 0 Å². The minimum absolute atomic E-state index is 0.268. The largest absolute Gasteiger partial charge is 0.464 e. The molecule has 0 bridgehead atoms. The van der Waals surface area contributed by atoms with E-state index in [0.29, 0.717) is 22.6 Å². The molecule has 0 aromatic carbocycles. The second-order valence-corrected chi connectivity index (χ2v) is 12.3. The molecule has 3 aromatic rings. The van der Waals surface area contributed by atoms with Crippen LogP contribution in [0.2, 0.25) is 0 Å². The molecule has 0 radical (unpaired) electrons. The van der Waals surface area contributed by atoms with Gasteiger partial charge in [-0.2, -0.15) is 0 Å². The minimum atomic E-state index is -3.77. The lowest BCUT2D eigenvalue weighted by molar-refractivity contribution is -0.149. The molecule has 4 N–H and O–H groups in total. The van der Waals surface area contributed by atoms with E-state index in [1.165, 1.54) is 17.7 Å². The zero-order valence-corrected chi connectivity index (χ0v) is 23.2. The van der Waals surface area contributed by atoms with E-state index in [2.05, 4.69) is 32.1 Å². The number of unbranched alkanes of at least 4 members (excludes halogenated alkanes) is 2. The molecule has 3 heterocycles. The van der Waals surface area contributed by atoms with E-state index in [1.54, 1.807) is 49.2 Å². The topological polar surface area (TPSA) is 163 Å². The van der Waals surface area contributed by atoms with Crippen molar-refractivity contribution in [3.05, 3.63) is 35.0 Å². The van der Waals surface area contributed by atoms with Gasteiger partial charge in [-0.3, -0.25) is 19.2 Å². The Balaban J connectivity index is 1.70. The Morgan fingerprint density at radius 3 is 2.76 bits per heavy atom. The van der Waals surface area contributed by atoms with Crippen LogP contribution in [0, 0.1) is 0 Å². The van der Waals surface area contributed by atoms with Crippen LogP contribution in [0.3, 0.4) is 0 Å². The standard InChI is InChI=1S/C23H34N7O5PS/c1-5-6-7-10-34-22(32)23(3,4)29-36(33,28-21(31)17-9-8-11-37-17)15-35-16(2)12-30-14-27-18-19(24)25-13-26-20(18)30/h8-9,11,13-14,16H,5-7,10,12,15H2,1-4H3,(H2,24,25,26)(H2,28,29,31,33)/t16-,36?/m0/s1. The zero-order chi connectivity index (χ0) is 27.1. The Labute approximate surface area is 219 Å². The van der Waals surface area contributed by atoms with Gasteiger partial charge in [0.2, 0.25) is 0 Å². The van der Waals surface area contributed by atoms with Crippen molar-refractivity contribution in [3.63, 3.8) is 0 Å². The highest BCUT2D eigenvalue weighted by atomic mass is 32.1. The highest BCUT2D eigenvalue weighted by molar-refractivity contribution is 7.60. The first kappa shape index (κ1) is 28.7. The number of carbonyl (C=O) groups is 2. The molecule has 0 spiro atoms. The lowest BCUT2D eigenvalue weighted by Crippen LogP contribution is -2.49.